The molecule has 1 heterocycles. The highest BCUT2D eigenvalue weighted by molar-refractivity contribution is 7.90. The predicted molar refractivity (Wildman–Crippen MR) is 112 cm³/mol. The molecule has 0 aliphatic rings. The third-order valence-corrected chi connectivity index (χ3v) is 5.35. The molecule has 1 amide bonds. The van der Waals surface area contributed by atoms with Crippen molar-refractivity contribution >= 4 is 15.7 Å². The average molecular weight is 422 g/mol. The zero-order valence-electron chi connectivity index (χ0n) is 16.2. The molecule has 0 fully saturated rings. The highest BCUT2D eigenvalue weighted by Crippen LogP contribution is 2.10. The Morgan fingerprint density at radius 3 is 2.53 bits per heavy atom. The van der Waals surface area contributed by atoms with Gasteiger partial charge in [0, 0.05) is 31.0 Å². The van der Waals surface area contributed by atoms with E-state index in [-0.39, 0.29) is 23.2 Å². The van der Waals surface area contributed by atoms with Crippen molar-refractivity contribution < 1.29 is 17.6 Å². The van der Waals surface area contributed by atoms with E-state index in [1.54, 1.807) is 36.4 Å². The number of benzene rings is 2. The van der Waals surface area contributed by atoms with Crippen LogP contribution in [0.1, 0.15) is 27.2 Å². The summed E-state index contributed by atoms with van der Waals surface area (Å²) in [4.78, 5) is 16.8. The van der Waals surface area contributed by atoms with E-state index < -0.39 is 9.84 Å². The van der Waals surface area contributed by atoms with Crippen LogP contribution in [0.5, 0.6) is 0 Å². The molecule has 0 saturated carbocycles. The van der Waals surface area contributed by atoms with E-state index in [0.29, 0.717) is 17.7 Å². The molecule has 0 spiro atoms. The minimum Gasteiger partial charge on any atom is -0.348 e. The van der Waals surface area contributed by atoms with Crippen LogP contribution in [0.15, 0.2) is 71.8 Å². The fraction of sp³-hybridized carbons (Fsp3) is 0.130. The van der Waals surface area contributed by atoms with Crippen molar-refractivity contribution in [1.82, 2.24) is 10.3 Å². The molecule has 152 valence electrons. The summed E-state index contributed by atoms with van der Waals surface area (Å²) >= 11 is 0. The van der Waals surface area contributed by atoms with Crippen molar-refractivity contribution in [2.45, 2.75) is 17.9 Å². The number of nitrogens with zero attached hydrogens (tertiary/aromatic N) is 1. The van der Waals surface area contributed by atoms with Crippen molar-refractivity contribution in [1.29, 1.82) is 0 Å². The van der Waals surface area contributed by atoms with Gasteiger partial charge in [0.2, 0.25) is 0 Å². The number of hydrogen-bond donors (Lipinski definition) is 1. The second-order valence-electron chi connectivity index (χ2n) is 6.64. The largest absolute Gasteiger partial charge is 0.348 e. The minimum atomic E-state index is -3.25. The van der Waals surface area contributed by atoms with Gasteiger partial charge in [-0.1, -0.05) is 30.2 Å². The zero-order chi connectivity index (χ0) is 21.6. The quantitative estimate of drug-likeness (QED) is 0.641. The van der Waals surface area contributed by atoms with Crippen LogP contribution in [0.2, 0.25) is 0 Å². The Morgan fingerprint density at radius 1 is 1.07 bits per heavy atom. The molecule has 0 saturated heterocycles. The Labute approximate surface area is 174 Å². The van der Waals surface area contributed by atoms with Crippen LogP contribution in [0, 0.1) is 17.7 Å². The fourth-order valence-electron chi connectivity index (χ4n) is 2.66. The van der Waals surface area contributed by atoms with Gasteiger partial charge in [-0.15, -0.1) is 0 Å². The first-order valence-electron chi connectivity index (χ1n) is 9.08. The lowest BCUT2D eigenvalue weighted by Crippen LogP contribution is -2.23. The van der Waals surface area contributed by atoms with Crippen LogP contribution in [0.4, 0.5) is 4.39 Å². The van der Waals surface area contributed by atoms with E-state index in [1.807, 2.05) is 0 Å². The maximum Gasteiger partial charge on any atom is 0.251 e. The second kappa shape index (κ2) is 9.33. The van der Waals surface area contributed by atoms with Gasteiger partial charge in [-0.05, 0) is 53.4 Å². The summed E-state index contributed by atoms with van der Waals surface area (Å²) in [5.41, 5.74) is 2.39. The van der Waals surface area contributed by atoms with E-state index in [2.05, 4.69) is 22.1 Å². The van der Waals surface area contributed by atoms with E-state index >= 15 is 0 Å². The molecule has 0 aliphatic carbocycles. The summed E-state index contributed by atoms with van der Waals surface area (Å²) in [6.07, 6.45) is 3.02. The lowest BCUT2D eigenvalue weighted by Gasteiger charge is -2.06. The first kappa shape index (κ1) is 21.2. The van der Waals surface area contributed by atoms with Crippen LogP contribution >= 0.6 is 0 Å². The first-order valence-corrected chi connectivity index (χ1v) is 11.0. The number of carbonyl (C=O) groups is 1. The van der Waals surface area contributed by atoms with Crippen LogP contribution in [0.3, 0.4) is 0 Å². The van der Waals surface area contributed by atoms with Crippen LogP contribution < -0.4 is 5.32 Å². The fourth-order valence-corrected chi connectivity index (χ4v) is 3.29. The Hall–Kier alpha value is -3.50. The number of nitrogens with one attached hydrogen (secondary N) is 1. The number of rotatable bonds is 5. The second-order valence-corrected chi connectivity index (χ2v) is 8.65. The summed E-state index contributed by atoms with van der Waals surface area (Å²) in [7, 11) is -3.25. The van der Waals surface area contributed by atoms with Gasteiger partial charge in [0.25, 0.3) is 5.91 Å². The molecule has 2 aromatic carbocycles. The molecule has 7 heteroatoms. The highest BCUT2D eigenvalue weighted by Gasteiger charge is 2.08. The maximum atomic E-state index is 13.2. The Bertz CT molecular complexity index is 1230. The minimum absolute atomic E-state index is 0.230. The number of pyridine rings is 1. The van der Waals surface area contributed by atoms with Gasteiger partial charge >= 0.3 is 0 Å². The van der Waals surface area contributed by atoms with Crippen molar-refractivity contribution in [2.75, 3.05) is 6.26 Å². The Balaban J connectivity index is 1.61. The summed E-state index contributed by atoms with van der Waals surface area (Å²) in [6.45, 7) is 0.256. The number of amides is 1. The molecule has 0 bridgehead atoms. The maximum absolute atomic E-state index is 13.2. The van der Waals surface area contributed by atoms with Gasteiger partial charge < -0.3 is 5.32 Å². The van der Waals surface area contributed by atoms with Gasteiger partial charge in [-0.3, -0.25) is 4.79 Å². The topological polar surface area (TPSA) is 76.1 Å². The third-order valence-electron chi connectivity index (χ3n) is 4.22. The number of aromatic nitrogens is 1. The van der Waals surface area contributed by atoms with Crippen molar-refractivity contribution in [3.05, 3.63) is 95.1 Å². The number of sulfone groups is 1. The van der Waals surface area contributed by atoms with Gasteiger partial charge in [0.05, 0.1) is 4.90 Å². The van der Waals surface area contributed by atoms with Crippen LogP contribution in [-0.4, -0.2) is 25.6 Å². The zero-order valence-corrected chi connectivity index (χ0v) is 17.0. The molecule has 3 rings (SSSR count). The molecule has 30 heavy (non-hydrogen) atoms. The molecule has 3 aromatic rings. The van der Waals surface area contributed by atoms with E-state index in [4.69, 9.17) is 0 Å². The predicted octanol–water partition coefficient (Wildman–Crippen LogP) is 3.15. The van der Waals surface area contributed by atoms with E-state index in [9.17, 15) is 17.6 Å². The molecular formula is C23H19FN2O3S. The van der Waals surface area contributed by atoms with Crippen molar-refractivity contribution in [3.63, 3.8) is 0 Å². The van der Waals surface area contributed by atoms with Crippen LogP contribution in [0.25, 0.3) is 0 Å². The standard InChI is InChI=1S/C23H19FN2O3S/c1-30(28,29)22-10-8-18(9-11-22)16-26-23(27)19-12-13-25-21(15-19)7-3-5-17-4-2-6-20(24)14-17/h2,4,6,8-15H,5,16H2,1H3,(H,26,27). The monoisotopic (exact) mass is 422 g/mol. The average Bonchev–Trinajstić information content (AvgIpc) is 2.72. The number of hydrogen-bond acceptors (Lipinski definition) is 4. The summed E-state index contributed by atoms with van der Waals surface area (Å²) in [6, 6.07) is 15.7. The molecule has 0 aliphatic heterocycles. The molecule has 0 unspecified atom stereocenters. The van der Waals surface area contributed by atoms with Crippen LogP contribution in [-0.2, 0) is 22.8 Å². The molecule has 1 aromatic heterocycles. The smallest absolute Gasteiger partial charge is 0.251 e. The van der Waals surface area contributed by atoms with E-state index in [0.717, 1.165) is 17.4 Å². The Kier molecular flexibility index (Phi) is 6.60. The van der Waals surface area contributed by atoms with Crippen molar-refractivity contribution in [2.24, 2.45) is 0 Å². The lowest BCUT2D eigenvalue weighted by atomic mass is 10.1. The lowest BCUT2D eigenvalue weighted by molar-refractivity contribution is 0.0950. The van der Waals surface area contributed by atoms with E-state index in [1.165, 1.54) is 30.5 Å². The molecule has 1 N–H and O–H groups in total. The number of halogens is 1. The first-order chi connectivity index (χ1) is 14.3. The van der Waals surface area contributed by atoms with Crippen molar-refractivity contribution in [3.8, 4) is 11.8 Å². The van der Waals surface area contributed by atoms with Gasteiger partial charge in [0.1, 0.15) is 11.5 Å². The van der Waals surface area contributed by atoms with Gasteiger partial charge in [-0.2, -0.15) is 0 Å². The number of carbonyl (C=O) groups excluding carboxylic acids is 1. The molecular weight excluding hydrogens is 403 g/mol. The normalized spacial score (nSPS) is 10.7. The summed E-state index contributed by atoms with van der Waals surface area (Å²) in [5.74, 6) is 5.21. The SMILES string of the molecule is CS(=O)(=O)c1ccc(CNC(=O)c2ccnc(C#CCc3cccc(F)c3)c2)cc1. The third kappa shape index (κ3) is 6.00. The molecule has 0 atom stereocenters. The van der Waals surface area contributed by atoms with Gasteiger partial charge in [0.15, 0.2) is 9.84 Å². The Morgan fingerprint density at radius 2 is 1.83 bits per heavy atom. The molecule has 0 radical (unpaired) electrons. The summed E-state index contributed by atoms with van der Waals surface area (Å²) in [5, 5.41) is 2.78. The molecule has 5 nitrogen and oxygen atoms in total. The van der Waals surface area contributed by atoms with Gasteiger partial charge in [-0.25, -0.2) is 17.8 Å². The highest BCUT2D eigenvalue weighted by atomic mass is 32.2. The summed E-state index contributed by atoms with van der Waals surface area (Å²) < 4.78 is 36.2.